The van der Waals surface area contributed by atoms with Crippen molar-refractivity contribution in [2.75, 3.05) is 23.0 Å². The molecule has 6 unspecified atom stereocenters. The van der Waals surface area contributed by atoms with Crippen molar-refractivity contribution < 1.29 is 9.59 Å². The minimum absolute atomic E-state index is 0.123. The molecule has 2 saturated carbocycles. The Kier molecular flexibility index (Phi) is 5.93. The van der Waals surface area contributed by atoms with Gasteiger partial charge in [0.05, 0.1) is 0 Å². The van der Waals surface area contributed by atoms with E-state index in [1.54, 1.807) is 0 Å². The van der Waals surface area contributed by atoms with E-state index in [0.717, 1.165) is 35.9 Å². The Bertz CT molecular complexity index is 616. The van der Waals surface area contributed by atoms with E-state index < -0.39 is 0 Å². The average Bonchev–Trinajstić information content (AvgIpc) is 3.40. The lowest BCUT2D eigenvalue weighted by atomic mass is 9.79. The largest absolute Gasteiger partial charge is 0.287 e. The standard InChI is InChI=1S/C22H30O2S3/c1-21(13-15-3-5-17(21)11-15)19(23)26-9-7-25-8-10-27-20(24)22(2)14-16-4-6-18(22)12-16/h3-6,15-18H,7-14H2,1-2H3. The molecule has 4 aliphatic carbocycles. The molecule has 2 nitrogen and oxygen atoms in total. The number of hydrogen-bond donors (Lipinski definition) is 0. The number of fused-ring (bicyclic) bond motifs is 4. The van der Waals surface area contributed by atoms with Crippen molar-refractivity contribution in [3.05, 3.63) is 24.3 Å². The molecule has 4 rings (SSSR count). The first-order chi connectivity index (χ1) is 12.9. The molecule has 5 heteroatoms. The summed E-state index contributed by atoms with van der Waals surface area (Å²) in [6, 6.07) is 0. The van der Waals surface area contributed by atoms with Gasteiger partial charge in [-0.2, -0.15) is 11.8 Å². The highest BCUT2D eigenvalue weighted by atomic mass is 32.2. The van der Waals surface area contributed by atoms with Crippen molar-refractivity contribution in [1.29, 1.82) is 0 Å². The van der Waals surface area contributed by atoms with E-state index in [9.17, 15) is 9.59 Å². The topological polar surface area (TPSA) is 34.1 Å². The van der Waals surface area contributed by atoms with E-state index in [1.165, 1.54) is 36.4 Å². The molecule has 0 aromatic carbocycles. The molecule has 148 valence electrons. The highest BCUT2D eigenvalue weighted by Crippen LogP contribution is 2.54. The first-order valence-corrected chi connectivity index (χ1v) is 13.3. The fourth-order valence-electron chi connectivity index (χ4n) is 5.48. The lowest BCUT2D eigenvalue weighted by molar-refractivity contribution is -0.120. The number of rotatable bonds is 8. The van der Waals surface area contributed by atoms with Gasteiger partial charge in [0.25, 0.3) is 0 Å². The van der Waals surface area contributed by atoms with E-state index in [-0.39, 0.29) is 10.8 Å². The lowest BCUT2D eigenvalue weighted by Gasteiger charge is -2.29. The van der Waals surface area contributed by atoms with Gasteiger partial charge in [-0.3, -0.25) is 9.59 Å². The third-order valence-electron chi connectivity index (χ3n) is 7.21. The van der Waals surface area contributed by atoms with Crippen molar-refractivity contribution in [1.82, 2.24) is 0 Å². The summed E-state index contributed by atoms with van der Waals surface area (Å²) in [4.78, 5) is 25.3. The van der Waals surface area contributed by atoms with Gasteiger partial charge in [0.15, 0.2) is 10.2 Å². The second-order valence-corrected chi connectivity index (χ2v) is 12.5. The molecule has 0 aromatic rings. The highest BCUT2D eigenvalue weighted by molar-refractivity contribution is 8.15. The van der Waals surface area contributed by atoms with Gasteiger partial charge in [-0.05, 0) is 49.4 Å². The normalized spacial score (nSPS) is 41.0. The molecule has 0 aliphatic heterocycles. The summed E-state index contributed by atoms with van der Waals surface area (Å²) in [7, 11) is 0. The SMILES string of the molecule is CC1(C(=O)SCCSCCSC(=O)C2(C)CC3C=CC2C3)CC2C=CC1C2. The fraction of sp³-hybridized carbons (Fsp3) is 0.727. The molecule has 0 radical (unpaired) electrons. The maximum Gasteiger partial charge on any atom is 0.195 e. The Balaban J connectivity index is 1.09. The zero-order chi connectivity index (χ0) is 19.1. The molecule has 0 aromatic heterocycles. The van der Waals surface area contributed by atoms with Crippen LogP contribution in [0.15, 0.2) is 24.3 Å². The molecule has 27 heavy (non-hydrogen) atoms. The molecule has 0 N–H and O–H groups in total. The smallest absolute Gasteiger partial charge is 0.195 e. The third kappa shape index (κ3) is 3.85. The fourth-order valence-corrected chi connectivity index (χ4v) is 8.79. The van der Waals surface area contributed by atoms with Crippen LogP contribution < -0.4 is 0 Å². The molecule has 0 saturated heterocycles. The van der Waals surface area contributed by atoms with Crippen LogP contribution >= 0.6 is 35.3 Å². The van der Waals surface area contributed by atoms with Gasteiger partial charge in [-0.15, -0.1) is 0 Å². The Morgan fingerprint density at radius 2 is 1.22 bits per heavy atom. The van der Waals surface area contributed by atoms with Crippen LogP contribution in [0.3, 0.4) is 0 Å². The number of thioether (sulfide) groups is 3. The Morgan fingerprint density at radius 1 is 0.778 bits per heavy atom. The maximum absolute atomic E-state index is 12.6. The Morgan fingerprint density at radius 3 is 1.56 bits per heavy atom. The van der Waals surface area contributed by atoms with Crippen LogP contribution in [-0.2, 0) is 9.59 Å². The highest BCUT2D eigenvalue weighted by Gasteiger charge is 2.50. The van der Waals surface area contributed by atoms with Crippen LogP contribution in [0.5, 0.6) is 0 Å². The summed E-state index contributed by atoms with van der Waals surface area (Å²) >= 11 is 4.94. The molecular formula is C22H30O2S3. The van der Waals surface area contributed by atoms with Crippen molar-refractivity contribution in [2.24, 2.45) is 34.5 Å². The molecule has 6 atom stereocenters. The molecule has 0 spiro atoms. The van der Waals surface area contributed by atoms with Crippen LogP contribution in [0, 0.1) is 34.5 Å². The molecule has 4 bridgehead atoms. The second-order valence-electron chi connectivity index (χ2n) is 9.10. The Labute approximate surface area is 176 Å². The first-order valence-electron chi connectivity index (χ1n) is 10.2. The van der Waals surface area contributed by atoms with Gasteiger partial charge in [0.2, 0.25) is 0 Å². The monoisotopic (exact) mass is 422 g/mol. The van der Waals surface area contributed by atoms with E-state index in [2.05, 4.69) is 38.2 Å². The van der Waals surface area contributed by atoms with Crippen molar-refractivity contribution >= 4 is 45.5 Å². The summed E-state index contributed by atoms with van der Waals surface area (Å²) in [5, 5.41) is 0.781. The predicted octanol–water partition coefficient (Wildman–Crippen LogP) is 5.44. The van der Waals surface area contributed by atoms with E-state index >= 15 is 0 Å². The molecular weight excluding hydrogens is 392 g/mol. The zero-order valence-corrected chi connectivity index (χ0v) is 18.8. The molecule has 0 heterocycles. The summed E-state index contributed by atoms with van der Waals surface area (Å²) in [6.07, 6.45) is 13.6. The average molecular weight is 423 g/mol. The van der Waals surface area contributed by atoms with Gasteiger partial charge in [-0.25, -0.2) is 0 Å². The van der Waals surface area contributed by atoms with Crippen LogP contribution in [0.25, 0.3) is 0 Å². The van der Waals surface area contributed by atoms with Crippen molar-refractivity contribution in [3.8, 4) is 0 Å². The van der Waals surface area contributed by atoms with E-state index in [4.69, 9.17) is 0 Å². The van der Waals surface area contributed by atoms with Crippen LogP contribution in [-0.4, -0.2) is 33.2 Å². The zero-order valence-electron chi connectivity index (χ0n) is 16.3. The summed E-state index contributed by atoms with van der Waals surface area (Å²) in [5.41, 5.74) is -0.247. The van der Waals surface area contributed by atoms with Gasteiger partial charge in [-0.1, -0.05) is 61.7 Å². The van der Waals surface area contributed by atoms with Gasteiger partial charge >= 0.3 is 0 Å². The van der Waals surface area contributed by atoms with Gasteiger partial charge < -0.3 is 0 Å². The third-order valence-corrected chi connectivity index (χ3v) is 11.0. The molecule has 2 fully saturated rings. The van der Waals surface area contributed by atoms with Crippen molar-refractivity contribution in [3.63, 3.8) is 0 Å². The number of carbonyl (C=O) groups excluding carboxylic acids is 2. The predicted molar refractivity (Wildman–Crippen MR) is 119 cm³/mol. The molecule has 0 amide bonds. The second kappa shape index (κ2) is 7.95. The molecule has 4 aliphatic rings. The lowest BCUT2D eigenvalue weighted by Crippen LogP contribution is -2.30. The van der Waals surface area contributed by atoms with E-state index in [1.807, 2.05) is 11.8 Å². The quantitative estimate of drug-likeness (QED) is 0.384. The van der Waals surface area contributed by atoms with Crippen LogP contribution in [0.1, 0.15) is 39.5 Å². The van der Waals surface area contributed by atoms with Crippen LogP contribution in [0.4, 0.5) is 0 Å². The summed E-state index contributed by atoms with van der Waals surface area (Å²) < 4.78 is 0. The number of hydrogen-bond acceptors (Lipinski definition) is 5. The van der Waals surface area contributed by atoms with Crippen LogP contribution in [0.2, 0.25) is 0 Å². The minimum Gasteiger partial charge on any atom is -0.287 e. The Hall–Kier alpha value is -0.130. The number of allylic oxidation sites excluding steroid dienone is 4. The maximum atomic E-state index is 12.6. The summed E-state index contributed by atoms with van der Waals surface area (Å²) in [6.45, 7) is 4.33. The van der Waals surface area contributed by atoms with Gasteiger partial charge in [0, 0.05) is 33.8 Å². The van der Waals surface area contributed by atoms with Crippen molar-refractivity contribution in [2.45, 2.75) is 39.5 Å². The van der Waals surface area contributed by atoms with E-state index in [0.29, 0.717) is 33.9 Å². The first kappa shape index (κ1) is 20.2. The van der Waals surface area contributed by atoms with Gasteiger partial charge in [0.1, 0.15) is 0 Å². The number of carbonyl (C=O) groups is 2. The summed E-state index contributed by atoms with van der Waals surface area (Å²) in [5.74, 6) is 6.00. The minimum atomic E-state index is -0.123.